The Morgan fingerprint density at radius 3 is 2.47 bits per heavy atom. The molecule has 0 aliphatic rings. The third-order valence-corrected chi connectivity index (χ3v) is 5.67. The van der Waals surface area contributed by atoms with Gasteiger partial charge in [-0.3, -0.25) is 19.4 Å². The van der Waals surface area contributed by atoms with Crippen LogP contribution in [0.4, 0.5) is 5.69 Å². The number of nitrogens with two attached hydrogens (primary N) is 1. The van der Waals surface area contributed by atoms with Crippen LogP contribution in [0.5, 0.6) is 0 Å². The van der Waals surface area contributed by atoms with E-state index in [4.69, 9.17) is 16.7 Å². The van der Waals surface area contributed by atoms with Gasteiger partial charge in [0.25, 0.3) is 5.56 Å². The molecule has 0 saturated heterocycles. The molecule has 1 aromatic heterocycles. The van der Waals surface area contributed by atoms with Crippen LogP contribution in [0.25, 0.3) is 5.69 Å². The number of amides is 1. The molecule has 1 amide bonds. The lowest BCUT2D eigenvalue weighted by atomic mass is 10.1. The number of rotatable bonds is 5. The normalized spacial score (nSPS) is 10.8. The number of carbonyl (C=O) groups excluding carboxylic acids is 1. The Bertz CT molecular complexity index is 1220. The molecule has 0 atom stereocenters. The standard InChI is InChI=1S/C17H14BrClN4O4S.C2H6/c18-12-9-23(22-17(12)25)14-6-5-11(8-15(14)28(20,26)27)21-16(24)7-10-3-1-2-4-13(10)19;1-2/h1-6,8-9H,7H2,(H,21,24)(H,22,25)(H2,20,26,27);1-2H3. The summed E-state index contributed by atoms with van der Waals surface area (Å²) >= 11 is 9.11. The highest BCUT2D eigenvalue weighted by Gasteiger charge is 2.18. The molecule has 11 heteroatoms. The molecule has 0 saturated carbocycles. The van der Waals surface area contributed by atoms with Crippen molar-refractivity contribution in [2.75, 3.05) is 5.32 Å². The summed E-state index contributed by atoms with van der Waals surface area (Å²) in [5.74, 6) is -0.377. The van der Waals surface area contributed by atoms with Crippen molar-refractivity contribution >= 4 is 49.1 Å². The Hall–Kier alpha value is -2.40. The van der Waals surface area contributed by atoms with Crippen molar-refractivity contribution in [1.29, 1.82) is 0 Å². The minimum absolute atomic E-state index is 0.0179. The summed E-state index contributed by atoms with van der Waals surface area (Å²) in [6.07, 6.45) is 1.39. The molecular weight excluding hydrogens is 496 g/mol. The SMILES string of the molecule is CC.NS(=O)(=O)c1cc(NC(=O)Cc2ccccc2Cl)ccc1-n1cc(Br)c(=O)[nH]1. The first-order chi connectivity index (χ1) is 14.1. The van der Waals surface area contributed by atoms with Crippen LogP contribution in [0.1, 0.15) is 19.4 Å². The average molecular weight is 516 g/mol. The summed E-state index contributed by atoms with van der Waals surface area (Å²) < 4.78 is 25.5. The molecule has 2 aromatic carbocycles. The molecule has 0 spiro atoms. The van der Waals surface area contributed by atoms with Gasteiger partial charge < -0.3 is 5.32 Å². The van der Waals surface area contributed by atoms with Crippen molar-refractivity contribution in [3.63, 3.8) is 0 Å². The molecule has 3 rings (SSSR count). The van der Waals surface area contributed by atoms with Gasteiger partial charge in [0.05, 0.1) is 12.1 Å². The van der Waals surface area contributed by atoms with Gasteiger partial charge in [0.15, 0.2) is 0 Å². The van der Waals surface area contributed by atoms with Crippen molar-refractivity contribution < 1.29 is 13.2 Å². The first kappa shape index (κ1) is 23.9. The van der Waals surface area contributed by atoms with E-state index in [1.165, 1.54) is 29.1 Å². The molecule has 4 N–H and O–H groups in total. The Morgan fingerprint density at radius 2 is 1.90 bits per heavy atom. The van der Waals surface area contributed by atoms with E-state index in [1.807, 2.05) is 13.8 Å². The number of hydrogen-bond acceptors (Lipinski definition) is 4. The maximum Gasteiger partial charge on any atom is 0.278 e. The maximum atomic E-state index is 12.3. The van der Waals surface area contributed by atoms with E-state index >= 15 is 0 Å². The topological polar surface area (TPSA) is 127 Å². The summed E-state index contributed by atoms with van der Waals surface area (Å²) in [6.45, 7) is 4.00. The van der Waals surface area contributed by atoms with E-state index in [-0.39, 0.29) is 33.1 Å². The lowest BCUT2D eigenvalue weighted by molar-refractivity contribution is -0.115. The van der Waals surface area contributed by atoms with Gasteiger partial charge in [-0.05, 0) is 45.8 Å². The van der Waals surface area contributed by atoms with Crippen molar-refractivity contribution in [3.05, 3.63) is 74.1 Å². The van der Waals surface area contributed by atoms with Crippen LogP contribution in [0.3, 0.4) is 0 Å². The Balaban J connectivity index is 0.00000155. The molecule has 0 fully saturated rings. The molecule has 0 bridgehead atoms. The van der Waals surface area contributed by atoms with E-state index in [9.17, 15) is 18.0 Å². The Labute approximate surface area is 187 Å². The van der Waals surface area contributed by atoms with Gasteiger partial charge in [-0.15, -0.1) is 0 Å². The summed E-state index contributed by atoms with van der Waals surface area (Å²) in [5, 5.41) is 10.8. The highest BCUT2D eigenvalue weighted by molar-refractivity contribution is 9.10. The van der Waals surface area contributed by atoms with Crippen molar-refractivity contribution in [2.24, 2.45) is 5.14 Å². The van der Waals surface area contributed by atoms with Crippen LogP contribution in [0.2, 0.25) is 5.02 Å². The number of sulfonamides is 1. The van der Waals surface area contributed by atoms with Crippen molar-refractivity contribution in [1.82, 2.24) is 9.78 Å². The number of primary sulfonamides is 1. The minimum Gasteiger partial charge on any atom is -0.326 e. The van der Waals surface area contributed by atoms with Crippen LogP contribution < -0.4 is 16.0 Å². The molecule has 0 aliphatic carbocycles. The van der Waals surface area contributed by atoms with Crippen molar-refractivity contribution in [3.8, 4) is 5.69 Å². The predicted octanol–water partition coefficient (Wildman–Crippen LogP) is 3.44. The van der Waals surface area contributed by atoms with Gasteiger partial charge in [0, 0.05) is 16.9 Å². The summed E-state index contributed by atoms with van der Waals surface area (Å²) in [5.41, 5.74) is 0.574. The van der Waals surface area contributed by atoms with E-state index in [0.717, 1.165) is 0 Å². The van der Waals surface area contributed by atoms with Gasteiger partial charge >= 0.3 is 0 Å². The lowest BCUT2D eigenvalue weighted by Gasteiger charge is -2.12. The molecule has 0 aliphatic heterocycles. The molecule has 160 valence electrons. The fraction of sp³-hybridized carbons (Fsp3) is 0.158. The van der Waals surface area contributed by atoms with Gasteiger partial charge in [0.2, 0.25) is 15.9 Å². The van der Waals surface area contributed by atoms with Crippen LogP contribution in [-0.2, 0) is 21.2 Å². The van der Waals surface area contributed by atoms with Crippen LogP contribution in [0.15, 0.2) is 62.8 Å². The highest BCUT2D eigenvalue weighted by Crippen LogP contribution is 2.24. The number of aromatic amines is 1. The second-order valence-corrected chi connectivity index (χ2v) is 8.62. The number of benzene rings is 2. The first-order valence-electron chi connectivity index (χ1n) is 8.83. The molecule has 1 heterocycles. The van der Waals surface area contributed by atoms with Gasteiger partial charge in [-0.2, -0.15) is 0 Å². The van der Waals surface area contributed by atoms with Crippen LogP contribution in [0, 0.1) is 0 Å². The zero-order valence-corrected chi connectivity index (χ0v) is 19.3. The predicted molar refractivity (Wildman–Crippen MR) is 121 cm³/mol. The number of nitrogens with one attached hydrogen (secondary N) is 2. The molecule has 0 unspecified atom stereocenters. The number of halogens is 2. The van der Waals surface area contributed by atoms with Crippen molar-refractivity contribution in [2.45, 2.75) is 25.2 Å². The first-order valence-corrected chi connectivity index (χ1v) is 11.5. The van der Waals surface area contributed by atoms with E-state index in [0.29, 0.717) is 10.6 Å². The fourth-order valence-corrected chi connectivity index (χ4v) is 3.78. The zero-order chi connectivity index (χ0) is 22.5. The summed E-state index contributed by atoms with van der Waals surface area (Å²) in [6, 6.07) is 11.1. The summed E-state index contributed by atoms with van der Waals surface area (Å²) in [4.78, 5) is 23.6. The Kier molecular flexibility index (Phi) is 8.02. The third kappa shape index (κ3) is 5.82. The zero-order valence-electron chi connectivity index (χ0n) is 16.1. The van der Waals surface area contributed by atoms with Gasteiger partial charge in [-0.25, -0.2) is 13.6 Å². The molecule has 8 nitrogen and oxygen atoms in total. The average Bonchev–Trinajstić information content (AvgIpc) is 3.03. The third-order valence-electron chi connectivity index (χ3n) is 3.80. The van der Waals surface area contributed by atoms with E-state index in [2.05, 4.69) is 26.3 Å². The van der Waals surface area contributed by atoms with Gasteiger partial charge in [0.1, 0.15) is 9.37 Å². The second-order valence-electron chi connectivity index (χ2n) is 5.83. The molecule has 30 heavy (non-hydrogen) atoms. The number of nitrogens with zero attached hydrogens (tertiary/aromatic N) is 1. The number of aromatic nitrogens is 2. The number of H-pyrrole nitrogens is 1. The summed E-state index contributed by atoms with van der Waals surface area (Å²) in [7, 11) is -4.14. The quantitative estimate of drug-likeness (QED) is 0.481. The number of hydrogen-bond donors (Lipinski definition) is 3. The Morgan fingerprint density at radius 1 is 1.23 bits per heavy atom. The lowest BCUT2D eigenvalue weighted by Crippen LogP contribution is -2.18. The largest absolute Gasteiger partial charge is 0.326 e. The maximum absolute atomic E-state index is 12.3. The smallest absolute Gasteiger partial charge is 0.278 e. The van der Waals surface area contributed by atoms with Crippen LogP contribution in [-0.4, -0.2) is 24.1 Å². The molecular formula is C19H20BrClN4O4S. The van der Waals surface area contributed by atoms with Gasteiger partial charge in [-0.1, -0.05) is 43.6 Å². The monoisotopic (exact) mass is 514 g/mol. The fourth-order valence-electron chi connectivity index (χ4n) is 2.54. The molecule has 3 aromatic rings. The second kappa shape index (κ2) is 10.1. The van der Waals surface area contributed by atoms with Crippen LogP contribution >= 0.6 is 27.5 Å². The number of anilines is 1. The highest BCUT2D eigenvalue weighted by atomic mass is 79.9. The van der Waals surface area contributed by atoms with E-state index in [1.54, 1.807) is 24.3 Å². The van der Waals surface area contributed by atoms with E-state index < -0.39 is 15.6 Å². The molecule has 0 radical (unpaired) electrons. The number of carbonyl (C=O) groups is 1. The minimum atomic E-state index is -4.14.